The highest BCUT2D eigenvalue weighted by Crippen LogP contribution is 2.29. The van der Waals surface area contributed by atoms with Gasteiger partial charge in [-0.25, -0.2) is 18.0 Å². The first-order chi connectivity index (χ1) is 9.45. The van der Waals surface area contributed by atoms with Crippen LogP contribution < -0.4 is 5.73 Å². The van der Waals surface area contributed by atoms with Crippen molar-refractivity contribution >= 4 is 11.9 Å². The number of nitrogens with two attached hydrogens (primary N) is 1. The fraction of sp³-hybridized carbons (Fsp3) is 0.333. The van der Waals surface area contributed by atoms with Gasteiger partial charge in [-0.3, -0.25) is 0 Å². The van der Waals surface area contributed by atoms with E-state index in [1.54, 1.807) is 0 Å². The predicted molar refractivity (Wildman–Crippen MR) is 64.7 cm³/mol. The molecule has 0 saturated carbocycles. The molecule has 2 amide bonds. The van der Waals surface area contributed by atoms with Crippen LogP contribution in [-0.2, 0) is 4.74 Å². The van der Waals surface area contributed by atoms with Crippen molar-refractivity contribution in [2.24, 2.45) is 10.7 Å². The number of nitrogens with zero attached hydrogens (tertiary/aromatic N) is 2. The quantitative estimate of drug-likeness (QED) is 0.855. The summed E-state index contributed by atoms with van der Waals surface area (Å²) in [4.78, 5) is 16.3. The largest absolute Gasteiger partial charge is 0.385 e. The number of methoxy groups -OCH3 is 1. The van der Waals surface area contributed by atoms with Gasteiger partial charge in [0.25, 0.3) is 0 Å². The topological polar surface area (TPSA) is 67.9 Å². The Morgan fingerprint density at radius 3 is 2.60 bits per heavy atom. The van der Waals surface area contributed by atoms with E-state index in [9.17, 15) is 18.0 Å². The highest BCUT2D eigenvalue weighted by Gasteiger charge is 2.36. The first-order valence-electron chi connectivity index (χ1n) is 5.73. The molecule has 0 radical (unpaired) electrons. The molecule has 20 heavy (non-hydrogen) atoms. The molecule has 0 saturated heterocycles. The van der Waals surface area contributed by atoms with E-state index in [1.165, 1.54) is 7.11 Å². The van der Waals surface area contributed by atoms with Crippen LogP contribution >= 0.6 is 0 Å². The van der Waals surface area contributed by atoms with E-state index >= 15 is 0 Å². The van der Waals surface area contributed by atoms with Gasteiger partial charge in [-0.1, -0.05) is 0 Å². The zero-order valence-corrected chi connectivity index (χ0v) is 10.6. The van der Waals surface area contributed by atoms with Gasteiger partial charge in [-0.05, 0) is 6.07 Å². The van der Waals surface area contributed by atoms with Crippen LogP contribution in [0.4, 0.5) is 18.0 Å². The number of halogens is 3. The fourth-order valence-electron chi connectivity index (χ4n) is 1.99. The summed E-state index contributed by atoms with van der Waals surface area (Å²) in [5.74, 6) is -3.70. The van der Waals surface area contributed by atoms with Crippen molar-refractivity contribution in [3.8, 4) is 0 Å². The maximum Gasteiger partial charge on any atom is 0.346 e. The first-order valence-corrected chi connectivity index (χ1v) is 5.73. The number of carbonyl (C=O) groups excluding carboxylic acids is 1. The Bertz CT molecular complexity index is 577. The van der Waals surface area contributed by atoms with Gasteiger partial charge in [0, 0.05) is 25.3 Å². The molecule has 0 bridgehead atoms. The Labute approximate surface area is 112 Å². The molecule has 0 aromatic heterocycles. The maximum atomic E-state index is 13.8. The molecule has 1 aliphatic rings. The zero-order chi connectivity index (χ0) is 14.9. The van der Waals surface area contributed by atoms with Gasteiger partial charge >= 0.3 is 6.03 Å². The monoisotopic (exact) mass is 287 g/mol. The number of aliphatic imine (C=N–C) groups is 1. The summed E-state index contributed by atoms with van der Waals surface area (Å²) in [5, 5.41) is 0. The Hall–Kier alpha value is -2.09. The number of benzene rings is 1. The molecule has 2 rings (SSSR count). The van der Waals surface area contributed by atoms with E-state index in [4.69, 9.17) is 10.5 Å². The number of amidine groups is 1. The van der Waals surface area contributed by atoms with Gasteiger partial charge in [-0.15, -0.1) is 0 Å². The number of ether oxygens (including phenoxy) is 1. The van der Waals surface area contributed by atoms with Crippen molar-refractivity contribution in [1.29, 1.82) is 0 Å². The molecule has 0 aliphatic carbocycles. The molecule has 8 heteroatoms. The minimum atomic E-state index is -1.31. The molecule has 0 spiro atoms. The molecule has 1 aliphatic heterocycles. The van der Waals surface area contributed by atoms with E-state index in [1.807, 2.05) is 0 Å². The number of carbonyl (C=O) groups is 1. The van der Waals surface area contributed by atoms with Gasteiger partial charge in [0.1, 0.15) is 17.7 Å². The molecular weight excluding hydrogens is 275 g/mol. The van der Waals surface area contributed by atoms with E-state index in [0.717, 1.165) is 4.90 Å². The van der Waals surface area contributed by atoms with Gasteiger partial charge in [0.05, 0.1) is 6.61 Å². The third kappa shape index (κ3) is 2.46. The van der Waals surface area contributed by atoms with Crippen LogP contribution in [-0.4, -0.2) is 37.0 Å². The van der Waals surface area contributed by atoms with Gasteiger partial charge < -0.3 is 15.4 Å². The van der Waals surface area contributed by atoms with Crippen LogP contribution in [0.25, 0.3) is 0 Å². The lowest BCUT2D eigenvalue weighted by atomic mass is 10.0. The van der Waals surface area contributed by atoms with Crippen molar-refractivity contribution in [3.63, 3.8) is 0 Å². The Morgan fingerprint density at radius 1 is 1.30 bits per heavy atom. The molecule has 1 aromatic carbocycles. The molecule has 5 nitrogen and oxygen atoms in total. The molecule has 1 aromatic rings. The van der Waals surface area contributed by atoms with Crippen molar-refractivity contribution in [3.05, 3.63) is 35.1 Å². The summed E-state index contributed by atoms with van der Waals surface area (Å²) in [6.07, 6.45) is 0. The summed E-state index contributed by atoms with van der Waals surface area (Å²) in [6, 6.07) is -0.646. The average Bonchev–Trinajstić information content (AvgIpc) is 2.66. The van der Waals surface area contributed by atoms with Gasteiger partial charge in [0.15, 0.2) is 11.6 Å². The van der Waals surface area contributed by atoms with Crippen LogP contribution in [0.5, 0.6) is 0 Å². The lowest BCUT2D eigenvalue weighted by Gasteiger charge is -2.24. The fourth-order valence-corrected chi connectivity index (χ4v) is 1.99. The second-order valence-electron chi connectivity index (χ2n) is 4.20. The minimum absolute atomic E-state index is 0.0998. The molecular formula is C12H12F3N3O2. The molecule has 1 atom stereocenters. The second kappa shape index (κ2) is 5.49. The Morgan fingerprint density at radius 2 is 1.95 bits per heavy atom. The van der Waals surface area contributed by atoms with Crippen molar-refractivity contribution in [2.45, 2.75) is 6.04 Å². The Kier molecular flexibility index (Phi) is 3.93. The highest BCUT2D eigenvalue weighted by molar-refractivity contribution is 6.03. The SMILES string of the molecule is COCCN1C(=O)N=C(N)C1c1cc(F)c(F)cc1F. The van der Waals surface area contributed by atoms with Crippen LogP contribution in [0, 0.1) is 17.5 Å². The summed E-state index contributed by atoms with van der Waals surface area (Å²) < 4.78 is 44.8. The van der Waals surface area contributed by atoms with Crippen molar-refractivity contribution in [2.75, 3.05) is 20.3 Å². The van der Waals surface area contributed by atoms with Gasteiger partial charge in [0.2, 0.25) is 0 Å². The minimum Gasteiger partial charge on any atom is -0.385 e. The first kappa shape index (κ1) is 14.3. The summed E-state index contributed by atoms with van der Waals surface area (Å²) in [5.41, 5.74) is 5.34. The third-order valence-corrected chi connectivity index (χ3v) is 2.93. The highest BCUT2D eigenvalue weighted by atomic mass is 19.2. The molecule has 0 fully saturated rings. The van der Waals surface area contributed by atoms with Crippen LogP contribution in [0.15, 0.2) is 17.1 Å². The lowest BCUT2D eigenvalue weighted by Crippen LogP contribution is -2.36. The number of hydrogen-bond donors (Lipinski definition) is 1. The Balaban J connectivity index is 2.40. The van der Waals surface area contributed by atoms with Gasteiger partial charge in [-0.2, -0.15) is 4.99 Å². The molecule has 2 N–H and O–H groups in total. The summed E-state index contributed by atoms with van der Waals surface area (Å²) in [6.45, 7) is 0.277. The molecule has 1 unspecified atom stereocenters. The third-order valence-electron chi connectivity index (χ3n) is 2.93. The zero-order valence-electron chi connectivity index (χ0n) is 10.6. The normalized spacial score (nSPS) is 18.6. The second-order valence-corrected chi connectivity index (χ2v) is 4.20. The number of urea groups is 1. The predicted octanol–water partition coefficient (Wildman–Crippen LogP) is 1.58. The number of hydrogen-bond acceptors (Lipinski definition) is 3. The smallest absolute Gasteiger partial charge is 0.346 e. The van der Waals surface area contributed by atoms with Crippen molar-refractivity contribution in [1.82, 2.24) is 4.90 Å². The van der Waals surface area contributed by atoms with Crippen LogP contribution in [0.3, 0.4) is 0 Å². The number of amides is 2. The maximum absolute atomic E-state index is 13.8. The van der Waals surface area contributed by atoms with E-state index in [2.05, 4.69) is 4.99 Å². The van der Waals surface area contributed by atoms with Crippen LogP contribution in [0.2, 0.25) is 0 Å². The summed E-state index contributed by atoms with van der Waals surface area (Å²) in [7, 11) is 1.43. The van der Waals surface area contributed by atoms with E-state index in [0.29, 0.717) is 12.1 Å². The van der Waals surface area contributed by atoms with Crippen LogP contribution in [0.1, 0.15) is 11.6 Å². The molecule has 1 heterocycles. The van der Waals surface area contributed by atoms with E-state index in [-0.39, 0.29) is 24.6 Å². The number of rotatable bonds is 4. The molecule has 108 valence electrons. The average molecular weight is 287 g/mol. The summed E-state index contributed by atoms with van der Waals surface area (Å²) >= 11 is 0. The van der Waals surface area contributed by atoms with Crippen molar-refractivity contribution < 1.29 is 22.7 Å². The standard InChI is InChI=1S/C12H12F3N3O2/c1-20-3-2-18-10(11(16)17-12(18)19)6-4-8(14)9(15)5-7(6)13/h4-5,10H,2-3H2,1H3,(H2,16,17,19). The van der Waals surface area contributed by atoms with E-state index < -0.39 is 29.5 Å². The lowest BCUT2D eigenvalue weighted by molar-refractivity contribution is 0.150.